The van der Waals surface area contributed by atoms with Crippen LogP contribution in [0.15, 0.2) is 12.2 Å². The molecule has 44 heavy (non-hydrogen) atoms. The van der Waals surface area contributed by atoms with Gasteiger partial charge in [0.05, 0.1) is 13.2 Å². The van der Waals surface area contributed by atoms with Gasteiger partial charge in [-0.2, -0.15) is 0 Å². The summed E-state index contributed by atoms with van der Waals surface area (Å²) in [5, 5.41) is 0. The van der Waals surface area contributed by atoms with Crippen LogP contribution in [0.2, 0.25) is 0 Å². The van der Waals surface area contributed by atoms with E-state index in [0.29, 0.717) is 19.8 Å². The van der Waals surface area contributed by atoms with Crippen molar-refractivity contribution in [1.29, 1.82) is 0 Å². The molecule has 0 rings (SSSR count). The van der Waals surface area contributed by atoms with Crippen LogP contribution in [0.25, 0.3) is 0 Å². The number of ether oxygens (including phenoxy) is 2. The molecule has 0 amide bonds. The molecular formula is C37H75O6P. The van der Waals surface area contributed by atoms with Crippen molar-refractivity contribution in [2.75, 3.05) is 26.4 Å². The molecule has 0 saturated heterocycles. The molecule has 0 spiro atoms. The van der Waals surface area contributed by atoms with Gasteiger partial charge < -0.3 is 19.3 Å². The van der Waals surface area contributed by atoms with Gasteiger partial charge in [-0.1, -0.05) is 167 Å². The second-order valence-electron chi connectivity index (χ2n) is 12.9. The van der Waals surface area contributed by atoms with Crippen LogP contribution in [-0.2, 0) is 18.6 Å². The van der Waals surface area contributed by atoms with E-state index in [9.17, 15) is 4.57 Å². The van der Waals surface area contributed by atoms with Crippen LogP contribution in [0.3, 0.4) is 0 Å². The Kier molecular flexibility index (Phi) is 35.4. The Morgan fingerprint density at radius 1 is 0.500 bits per heavy atom. The maximum absolute atomic E-state index is 11.2. The molecule has 264 valence electrons. The van der Waals surface area contributed by atoms with Crippen LogP contribution in [0.4, 0.5) is 0 Å². The Morgan fingerprint density at radius 2 is 0.864 bits per heavy atom. The van der Waals surface area contributed by atoms with Gasteiger partial charge >= 0.3 is 7.82 Å². The predicted octanol–water partition coefficient (Wildman–Crippen LogP) is 12.0. The maximum Gasteiger partial charge on any atom is 0.469 e. The molecule has 0 aliphatic carbocycles. The largest absolute Gasteiger partial charge is 0.469 e. The quantitative estimate of drug-likeness (QED) is 0.0397. The summed E-state index contributed by atoms with van der Waals surface area (Å²) in [6.45, 7) is 5.93. The van der Waals surface area contributed by atoms with Gasteiger partial charge in [0.2, 0.25) is 0 Å². The van der Waals surface area contributed by atoms with E-state index in [2.05, 4.69) is 26.0 Å². The minimum atomic E-state index is -4.51. The molecule has 1 atom stereocenters. The van der Waals surface area contributed by atoms with Gasteiger partial charge in [-0.3, -0.25) is 4.52 Å². The zero-order chi connectivity index (χ0) is 32.2. The molecule has 0 aromatic heterocycles. The van der Waals surface area contributed by atoms with E-state index in [1.165, 1.54) is 154 Å². The van der Waals surface area contributed by atoms with Crippen molar-refractivity contribution in [3.8, 4) is 0 Å². The lowest BCUT2D eigenvalue weighted by molar-refractivity contribution is -0.0429. The molecular weight excluding hydrogens is 571 g/mol. The van der Waals surface area contributed by atoms with Crippen LogP contribution in [0.1, 0.15) is 194 Å². The highest BCUT2D eigenvalue weighted by molar-refractivity contribution is 7.46. The standard InChI is InChI=1S/C37H75O6P/c1-3-5-7-9-11-13-15-17-19-20-22-24-26-28-30-32-34-42-37(36-43-44(38,39)40)35-41-33-31-29-27-25-23-21-18-16-14-12-10-8-6-4-2/h17,19,37H,3-16,18,20-36H2,1-2H3,(H2,38,39,40)/b19-17-/t37-/m1/s1. The minimum absolute atomic E-state index is 0.143. The molecule has 0 aliphatic rings. The van der Waals surface area contributed by atoms with Gasteiger partial charge in [-0.15, -0.1) is 0 Å². The zero-order valence-electron chi connectivity index (χ0n) is 29.3. The minimum Gasteiger partial charge on any atom is -0.379 e. The number of phosphoric acid groups is 1. The first-order valence-electron chi connectivity index (χ1n) is 19.0. The summed E-state index contributed by atoms with van der Waals surface area (Å²) in [7, 11) is -4.51. The van der Waals surface area contributed by atoms with Gasteiger partial charge in [0, 0.05) is 13.2 Å². The van der Waals surface area contributed by atoms with Crippen molar-refractivity contribution in [3.05, 3.63) is 12.2 Å². The lowest BCUT2D eigenvalue weighted by atomic mass is 10.0. The molecule has 7 heteroatoms. The van der Waals surface area contributed by atoms with Crippen molar-refractivity contribution in [3.63, 3.8) is 0 Å². The van der Waals surface area contributed by atoms with E-state index in [-0.39, 0.29) is 6.61 Å². The molecule has 0 fully saturated rings. The van der Waals surface area contributed by atoms with E-state index in [1.54, 1.807) is 0 Å². The lowest BCUT2D eigenvalue weighted by Gasteiger charge is -2.18. The van der Waals surface area contributed by atoms with Gasteiger partial charge in [-0.05, 0) is 38.5 Å². The highest BCUT2D eigenvalue weighted by Crippen LogP contribution is 2.35. The van der Waals surface area contributed by atoms with Crippen molar-refractivity contribution in [1.82, 2.24) is 0 Å². The second kappa shape index (κ2) is 35.6. The van der Waals surface area contributed by atoms with E-state index >= 15 is 0 Å². The van der Waals surface area contributed by atoms with E-state index in [1.807, 2.05) is 0 Å². The van der Waals surface area contributed by atoms with E-state index in [0.717, 1.165) is 25.7 Å². The summed E-state index contributed by atoms with van der Waals surface area (Å²) in [6, 6.07) is 0. The van der Waals surface area contributed by atoms with Crippen LogP contribution in [0, 0.1) is 0 Å². The number of rotatable bonds is 37. The summed E-state index contributed by atoms with van der Waals surface area (Å²) in [5.74, 6) is 0. The van der Waals surface area contributed by atoms with Gasteiger partial charge in [0.1, 0.15) is 6.10 Å². The molecule has 0 aromatic rings. The van der Waals surface area contributed by atoms with Crippen molar-refractivity contribution in [2.24, 2.45) is 0 Å². The fourth-order valence-corrected chi connectivity index (χ4v) is 5.90. The SMILES string of the molecule is CCCCCCCC/C=C\CCCCCCCCO[C@H](COCCCCCCCCCCCCCCCC)COP(=O)(O)O. The first kappa shape index (κ1) is 43.8. The van der Waals surface area contributed by atoms with Crippen LogP contribution in [-0.4, -0.2) is 42.3 Å². The normalized spacial score (nSPS) is 12.9. The fraction of sp³-hybridized carbons (Fsp3) is 0.946. The van der Waals surface area contributed by atoms with Crippen molar-refractivity contribution < 1.29 is 28.3 Å². The monoisotopic (exact) mass is 647 g/mol. The van der Waals surface area contributed by atoms with Gasteiger partial charge in [0.15, 0.2) is 0 Å². The molecule has 2 N–H and O–H groups in total. The third-order valence-electron chi connectivity index (χ3n) is 8.38. The number of hydrogen-bond donors (Lipinski definition) is 2. The van der Waals surface area contributed by atoms with Crippen LogP contribution in [0.5, 0.6) is 0 Å². The summed E-state index contributed by atoms with van der Waals surface area (Å²) >= 11 is 0. The Bertz CT molecular complexity index is 623. The van der Waals surface area contributed by atoms with Crippen LogP contribution >= 0.6 is 7.82 Å². The molecule has 6 nitrogen and oxygen atoms in total. The molecule has 0 aliphatic heterocycles. The highest BCUT2D eigenvalue weighted by Gasteiger charge is 2.19. The zero-order valence-corrected chi connectivity index (χ0v) is 30.2. The smallest absolute Gasteiger partial charge is 0.379 e. The number of hydrogen-bond acceptors (Lipinski definition) is 4. The molecule has 0 bridgehead atoms. The first-order chi connectivity index (χ1) is 21.5. The lowest BCUT2D eigenvalue weighted by Crippen LogP contribution is -2.26. The van der Waals surface area contributed by atoms with Crippen molar-refractivity contribution >= 4 is 7.82 Å². The second-order valence-corrected chi connectivity index (χ2v) is 14.1. The number of allylic oxidation sites excluding steroid dienone is 2. The first-order valence-corrected chi connectivity index (χ1v) is 20.6. The maximum atomic E-state index is 11.2. The highest BCUT2D eigenvalue weighted by atomic mass is 31.2. The average molecular weight is 647 g/mol. The molecule has 0 saturated carbocycles. The van der Waals surface area contributed by atoms with E-state index < -0.39 is 13.9 Å². The Hall–Kier alpha value is -0.230. The summed E-state index contributed by atoms with van der Waals surface area (Å²) in [4.78, 5) is 18.2. The summed E-state index contributed by atoms with van der Waals surface area (Å²) < 4.78 is 27.5. The molecule has 0 heterocycles. The topological polar surface area (TPSA) is 85.2 Å². The number of phosphoric ester groups is 1. The van der Waals surface area contributed by atoms with Gasteiger partial charge in [-0.25, -0.2) is 4.57 Å². The number of unbranched alkanes of at least 4 members (excludes halogenated alkanes) is 25. The third kappa shape index (κ3) is 38.0. The Labute approximate surface area is 274 Å². The Balaban J connectivity index is 3.68. The third-order valence-corrected chi connectivity index (χ3v) is 8.87. The summed E-state index contributed by atoms with van der Waals surface area (Å²) in [5.41, 5.74) is 0. The van der Waals surface area contributed by atoms with Gasteiger partial charge in [0.25, 0.3) is 0 Å². The average Bonchev–Trinajstić information content (AvgIpc) is 3.00. The molecule has 0 aromatic carbocycles. The molecule has 0 radical (unpaired) electrons. The van der Waals surface area contributed by atoms with Crippen LogP contribution < -0.4 is 0 Å². The van der Waals surface area contributed by atoms with Crippen molar-refractivity contribution in [2.45, 2.75) is 200 Å². The van der Waals surface area contributed by atoms with E-state index in [4.69, 9.17) is 23.8 Å². The predicted molar refractivity (Wildman–Crippen MR) is 188 cm³/mol. The fourth-order valence-electron chi connectivity index (χ4n) is 5.54. The molecule has 0 unspecified atom stereocenters. The Morgan fingerprint density at radius 3 is 1.27 bits per heavy atom. The summed E-state index contributed by atoms with van der Waals surface area (Å²) in [6.07, 6.45) is 40.5.